The molecule has 2 aliphatic rings. The summed E-state index contributed by atoms with van der Waals surface area (Å²) in [6.45, 7) is 5.72. The van der Waals surface area contributed by atoms with Gasteiger partial charge in [-0.05, 0) is 61.7 Å². The zero-order valence-electron chi connectivity index (χ0n) is 23.3. The molecule has 1 aliphatic heterocycles. The van der Waals surface area contributed by atoms with E-state index in [-0.39, 0.29) is 22.4 Å². The minimum atomic E-state index is -0.498. The molecule has 0 spiro atoms. The van der Waals surface area contributed by atoms with Crippen LogP contribution in [0.25, 0.3) is 22.2 Å². The number of piperazine rings is 1. The quantitative estimate of drug-likeness (QED) is 0.300. The third kappa shape index (κ3) is 5.04. The van der Waals surface area contributed by atoms with E-state index in [1.54, 1.807) is 36.2 Å². The number of carbonyl (C=O) groups excluding carboxylic acids is 1. The van der Waals surface area contributed by atoms with E-state index in [4.69, 9.17) is 0 Å². The molecule has 1 aromatic carbocycles. The number of pyridine rings is 3. The highest BCUT2D eigenvalue weighted by molar-refractivity contribution is 5.98. The zero-order valence-corrected chi connectivity index (χ0v) is 23.3. The third-order valence-corrected chi connectivity index (χ3v) is 8.58. The Balaban J connectivity index is 1.32. The van der Waals surface area contributed by atoms with E-state index in [0.717, 1.165) is 57.5 Å². The first-order valence-corrected chi connectivity index (χ1v) is 14.2. The average molecular weight is 556 g/mol. The van der Waals surface area contributed by atoms with Crippen LogP contribution in [0.15, 0.2) is 59.7 Å². The van der Waals surface area contributed by atoms with E-state index >= 15 is 4.39 Å². The second kappa shape index (κ2) is 10.9. The number of H-pyrrole nitrogens is 1. The van der Waals surface area contributed by atoms with Gasteiger partial charge in [0, 0.05) is 56.1 Å². The van der Waals surface area contributed by atoms with Gasteiger partial charge in [-0.15, -0.1) is 0 Å². The molecular formula is C31H34FN7O2. The maximum absolute atomic E-state index is 15.6. The Labute approximate surface area is 237 Å². The largest absolute Gasteiger partial charge is 0.368 e. The number of hydrogen-bond donors (Lipinski definition) is 3. The first kappa shape index (κ1) is 26.9. The summed E-state index contributed by atoms with van der Waals surface area (Å²) >= 11 is 0. The molecule has 6 rings (SSSR count). The Bertz CT molecular complexity index is 1640. The van der Waals surface area contributed by atoms with Crippen LogP contribution in [0.2, 0.25) is 0 Å². The molecule has 1 saturated carbocycles. The van der Waals surface area contributed by atoms with Crippen molar-refractivity contribution < 1.29 is 9.18 Å². The van der Waals surface area contributed by atoms with Crippen molar-refractivity contribution in [1.29, 1.82) is 0 Å². The van der Waals surface area contributed by atoms with Gasteiger partial charge < -0.3 is 25.4 Å². The second-order valence-corrected chi connectivity index (χ2v) is 10.9. The number of aromatic amines is 1. The number of hydrogen-bond acceptors (Lipinski definition) is 7. The molecule has 10 heteroatoms. The number of halogens is 1. The van der Waals surface area contributed by atoms with Gasteiger partial charge in [0.05, 0.1) is 34.2 Å². The average Bonchev–Trinajstić information content (AvgIpc) is 2.97. The Morgan fingerprint density at radius 2 is 1.95 bits per heavy atom. The summed E-state index contributed by atoms with van der Waals surface area (Å²) in [5, 5.41) is 6.95. The first-order valence-electron chi connectivity index (χ1n) is 14.2. The molecule has 1 aliphatic carbocycles. The highest BCUT2D eigenvalue weighted by atomic mass is 19.1. The lowest BCUT2D eigenvalue weighted by molar-refractivity contribution is -0.133. The topological polar surface area (TPSA) is 106 Å². The fourth-order valence-electron chi connectivity index (χ4n) is 5.85. The van der Waals surface area contributed by atoms with Crippen molar-refractivity contribution in [2.45, 2.75) is 32.6 Å². The predicted molar refractivity (Wildman–Crippen MR) is 160 cm³/mol. The Morgan fingerprint density at radius 3 is 2.61 bits per heavy atom. The van der Waals surface area contributed by atoms with E-state index in [0.29, 0.717) is 33.8 Å². The summed E-state index contributed by atoms with van der Waals surface area (Å²) in [5.74, 6) is 0.0910. The van der Waals surface area contributed by atoms with E-state index in [2.05, 4.69) is 30.5 Å². The van der Waals surface area contributed by atoms with Gasteiger partial charge in [0.15, 0.2) is 0 Å². The lowest BCUT2D eigenvalue weighted by atomic mass is 9.66. The molecule has 2 fully saturated rings. The van der Waals surface area contributed by atoms with Gasteiger partial charge in [0.2, 0.25) is 5.91 Å². The number of rotatable bonds is 7. The van der Waals surface area contributed by atoms with Crippen molar-refractivity contribution in [3.05, 3.63) is 71.0 Å². The van der Waals surface area contributed by atoms with Crippen LogP contribution in [0.5, 0.6) is 0 Å². The minimum Gasteiger partial charge on any atom is -0.368 e. The number of benzene rings is 1. The zero-order chi connectivity index (χ0) is 28.6. The standard InChI is InChI=1S/C31H34FN7O2/c1-3-31(10-4-11-31)30(41)38(2)20-5-7-22(23(32)17-20)25-18-26(28-24(36-25)9-12-34-29(28)40)37-27-8-6-21(19-35-27)39-15-13-33-14-16-39/h5-9,12,17-19,33H,3-4,10-11,13-16H2,1-2H3,(H,34,40)(H,35,36,37). The molecule has 4 aromatic rings. The molecule has 9 nitrogen and oxygen atoms in total. The van der Waals surface area contributed by atoms with Gasteiger partial charge in [-0.25, -0.2) is 14.4 Å². The number of anilines is 4. The smallest absolute Gasteiger partial charge is 0.259 e. The Kier molecular flexibility index (Phi) is 7.17. The maximum Gasteiger partial charge on any atom is 0.259 e. The Morgan fingerprint density at radius 1 is 1.15 bits per heavy atom. The predicted octanol–water partition coefficient (Wildman–Crippen LogP) is 4.82. The molecule has 0 radical (unpaired) electrons. The fraction of sp³-hybridized carbons (Fsp3) is 0.355. The normalized spacial score (nSPS) is 16.3. The molecule has 0 unspecified atom stereocenters. The molecule has 4 heterocycles. The lowest BCUT2D eigenvalue weighted by Gasteiger charge is -2.42. The monoisotopic (exact) mass is 555 g/mol. The van der Waals surface area contributed by atoms with Gasteiger partial charge in [-0.1, -0.05) is 13.3 Å². The lowest BCUT2D eigenvalue weighted by Crippen LogP contribution is -2.46. The molecular weight excluding hydrogens is 521 g/mol. The van der Waals surface area contributed by atoms with Crippen molar-refractivity contribution >= 4 is 39.7 Å². The number of amides is 1. The van der Waals surface area contributed by atoms with Gasteiger partial charge >= 0.3 is 0 Å². The van der Waals surface area contributed by atoms with Crippen LogP contribution >= 0.6 is 0 Å². The molecule has 0 bridgehead atoms. The summed E-state index contributed by atoms with van der Waals surface area (Å²) in [6, 6.07) is 12.0. The fourth-order valence-corrected chi connectivity index (χ4v) is 5.85. The van der Waals surface area contributed by atoms with E-state index in [9.17, 15) is 9.59 Å². The van der Waals surface area contributed by atoms with Gasteiger partial charge in [0.1, 0.15) is 11.6 Å². The number of nitrogens with one attached hydrogen (secondary N) is 3. The van der Waals surface area contributed by atoms with Crippen LogP contribution in [-0.2, 0) is 4.79 Å². The molecule has 3 aromatic heterocycles. The molecule has 41 heavy (non-hydrogen) atoms. The third-order valence-electron chi connectivity index (χ3n) is 8.58. The van der Waals surface area contributed by atoms with Gasteiger partial charge in [-0.2, -0.15) is 0 Å². The van der Waals surface area contributed by atoms with Crippen molar-refractivity contribution in [3.63, 3.8) is 0 Å². The van der Waals surface area contributed by atoms with Crippen molar-refractivity contribution in [2.75, 3.05) is 48.3 Å². The van der Waals surface area contributed by atoms with Crippen molar-refractivity contribution in [2.24, 2.45) is 5.41 Å². The van der Waals surface area contributed by atoms with Gasteiger partial charge in [0.25, 0.3) is 5.56 Å². The van der Waals surface area contributed by atoms with Gasteiger partial charge in [-0.3, -0.25) is 9.59 Å². The van der Waals surface area contributed by atoms with Crippen LogP contribution in [0.1, 0.15) is 32.6 Å². The summed E-state index contributed by atoms with van der Waals surface area (Å²) in [6.07, 6.45) is 6.90. The number of nitrogens with zero attached hydrogens (tertiary/aromatic N) is 4. The van der Waals surface area contributed by atoms with Crippen LogP contribution in [0.4, 0.5) is 27.3 Å². The van der Waals surface area contributed by atoms with E-state index < -0.39 is 5.82 Å². The van der Waals surface area contributed by atoms with Crippen LogP contribution < -0.4 is 26.0 Å². The van der Waals surface area contributed by atoms with Crippen LogP contribution in [0, 0.1) is 11.2 Å². The highest BCUT2D eigenvalue weighted by Crippen LogP contribution is 2.46. The maximum atomic E-state index is 15.6. The highest BCUT2D eigenvalue weighted by Gasteiger charge is 2.44. The summed E-state index contributed by atoms with van der Waals surface area (Å²) < 4.78 is 15.6. The Hall–Kier alpha value is -4.31. The summed E-state index contributed by atoms with van der Waals surface area (Å²) in [5.41, 5.74) is 2.42. The summed E-state index contributed by atoms with van der Waals surface area (Å²) in [4.78, 5) is 41.7. The first-order chi connectivity index (χ1) is 19.9. The van der Waals surface area contributed by atoms with Crippen LogP contribution in [-0.4, -0.2) is 54.1 Å². The summed E-state index contributed by atoms with van der Waals surface area (Å²) in [7, 11) is 1.70. The SMILES string of the molecule is CCC1(C(=O)N(C)c2ccc(-c3cc(Nc4ccc(N5CCNCC5)cn4)c4c(=O)[nH]ccc4n3)c(F)c2)CCC1. The number of carbonyl (C=O) groups is 1. The molecule has 212 valence electrons. The van der Waals surface area contributed by atoms with E-state index in [1.165, 1.54) is 12.3 Å². The van der Waals surface area contributed by atoms with Crippen molar-refractivity contribution in [3.8, 4) is 11.3 Å². The number of fused-ring (bicyclic) bond motifs is 1. The minimum absolute atomic E-state index is 0.0309. The molecule has 1 amide bonds. The van der Waals surface area contributed by atoms with Crippen molar-refractivity contribution in [1.82, 2.24) is 20.3 Å². The molecule has 1 saturated heterocycles. The molecule has 3 N–H and O–H groups in total. The van der Waals surface area contributed by atoms with E-state index in [1.807, 2.05) is 25.3 Å². The van der Waals surface area contributed by atoms with Crippen LogP contribution in [0.3, 0.4) is 0 Å². The number of aromatic nitrogens is 3. The second-order valence-electron chi connectivity index (χ2n) is 10.9. The molecule has 0 atom stereocenters.